The number of rotatable bonds is 3. The average molecular weight is 326 g/mol. The van der Waals surface area contributed by atoms with Gasteiger partial charge in [-0.1, -0.05) is 23.4 Å². The second-order valence-electron chi connectivity index (χ2n) is 4.18. The minimum absolute atomic E-state index is 0.0221. The van der Waals surface area contributed by atoms with Crippen LogP contribution in [0.1, 0.15) is 10.4 Å². The zero-order valence-corrected chi connectivity index (χ0v) is 12.0. The Hall–Kier alpha value is -2.13. The van der Waals surface area contributed by atoms with Crippen molar-refractivity contribution < 1.29 is 9.72 Å². The average Bonchev–Trinajstić information content (AvgIpc) is 3.04. The molecule has 2 heterocycles. The van der Waals surface area contributed by atoms with E-state index in [0.717, 1.165) is 17.0 Å². The number of nitro groups is 1. The highest BCUT2D eigenvalue weighted by Crippen LogP contribution is 2.27. The third kappa shape index (κ3) is 2.57. The molecule has 0 radical (unpaired) electrons. The van der Waals surface area contributed by atoms with Crippen LogP contribution in [-0.2, 0) is 6.54 Å². The largest absolute Gasteiger partial charge is 0.290 e. The van der Waals surface area contributed by atoms with E-state index in [-0.39, 0.29) is 16.3 Å². The number of carbonyl (C=O) groups excluding carboxylic acids is 1. The maximum atomic E-state index is 12.2. The number of aromatic nitrogens is 3. The molecule has 1 N–H and O–H groups in total. The fourth-order valence-electron chi connectivity index (χ4n) is 1.89. The fraction of sp³-hybridized carbons (Fsp3) is 0.182. The summed E-state index contributed by atoms with van der Waals surface area (Å²) in [5.74, 6) is 0.615. The number of fused-ring (bicyclic) bond motifs is 1. The minimum Gasteiger partial charge on any atom is -0.290 e. The normalized spacial score (nSPS) is 13.0. The molecule has 1 aromatic carbocycles. The molecule has 108 valence electrons. The van der Waals surface area contributed by atoms with Crippen molar-refractivity contribution in [1.29, 1.82) is 0 Å². The highest BCUT2D eigenvalue weighted by Gasteiger charge is 2.22. The lowest BCUT2D eigenvalue weighted by atomic mass is 10.2. The number of benzene rings is 1. The van der Waals surface area contributed by atoms with Crippen molar-refractivity contribution in [2.24, 2.45) is 0 Å². The fourth-order valence-corrected chi connectivity index (χ4v) is 2.98. The van der Waals surface area contributed by atoms with Crippen LogP contribution >= 0.6 is 23.4 Å². The molecule has 2 aromatic rings. The number of nitro benzene ring substituents is 1. The minimum atomic E-state index is -0.585. The summed E-state index contributed by atoms with van der Waals surface area (Å²) in [6.45, 7) is 0.700. The SMILES string of the molecule is O=C(Nc1nnc2n1CCS2)c1cc([N+](=O)[O-])ccc1Cl. The van der Waals surface area contributed by atoms with Crippen LogP contribution < -0.4 is 5.32 Å². The van der Waals surface area contributed by atoms with Crippen molar-refractivity contribution >= 4 is 40.9 Å². The summed E-state index contributed by atoms with van der Waals surface area (Å²) in [5, 5.41) is 22.0. The summed E-state index contributed by atoms with van der Waals surface area (Å²) in [4.78, 5) is 22.4. The van der Waals surface area contributed by atoms with E-state index in [9.17, 15) is 14.9 Å². The number of anilines is 1. The van der Waals surface area contributed by atoms with Gasteiger partial charge in [-0.2, -0.15) is 0 Å². The van der Waals surface area contributed by atoms with Crippen LogP contribution in [0.3, 0.4) is 0 Å². The van der Waals surface area contributed by atoms with Crippen LogP contribution in [0, 0.1) is 10.1 Å². The van der Waals surface area contributed by atoms with Crippen LogP contribution in [0.4, 0.5) is 11.6 Å². The molecule has 0 saturated carbocycles. The summed E-state index contributed by atoms with van der Waals surface area (Å²) in [6, 6.07) is 3.69. The predicted octanol–water partition coefficient (Wildman–Crippen LogP) is 2.20. The smallest absolute Gasteiger partial charge is 0.270 e. The van der Waals surface area contributed by atoms with Gasteiger partial charge in [0, 0.05) is 24.4 Å². The summed E-state index contributed by atoms with van der Waals surface area (Å²) in [6.07, 6.45) is 0. The molecular formula is C11H8ClN5O3S. The monoisotopic (exact) mass is 325 g/mol. The van der Waals surface area contributed by atoms with E-state index >= 15 is 0 Å². The third-order valence-corrected chi connectivity index (χ3v) is 4.17. The van der Waals surface area contributed by atoms with Gasteiger partial charge in [-0.25, -0.2) is 0 Å². The number of nitrogens with zero attached hydrogens (tertiary/aromatic N) is 4. The first kappa shape index (κ1) is 13.8. The summed E-state index contributed by atoms with van der Waals surface area (Å²) < 4.78 is 1.77. The molecule has 3 rings (SSSR count). The van der Waals surface area contributed by atoms with Gasteiger partial charge in [0.05, 0.1) is 15.5 Å². The molecular weight excluding hydrogens is 318 g/mol. The van der Waals surface area contributed by atoms with Crippen molar-refractivity contribution in [3.05, 3.63) is 38.9 Å². The van der Waals surface area contributed by atoms with E-state index in [1.54, 1.807) is 16.3 Å². The topological polar surface area (TPSA) is 103 Å². The molecule has 10 heteroatoms. The zero-order chi connectivity index (χ0) is 15.0. The van der Waals surface area contributed by atoms with E-state index in [0.29, 0.717) is 12.5 Å². The van der Waals surface area contributed by atoms with Gasteiger partial charge in [0.1, 0.15) is 0 Å². The molecule has 1 aliphatic heterocycles. The van der Waals surface area contributed by atoms with Gasteiger partial charge in [-0.3, -0.25) is 24.8 Å². The molecule has 0 aliphatic carbocycles. The van der Waals surface area contributed by atoms with Gasteiger partial charge in [0.2, 0.25) is 5.95 Å². The van der Waals surface area contributed by atoms with Crippen LogP contribution in [0.5, 0.6) is 0 Å². The lowest BCUT2D eigenvalue weighted by Gasteiger charge is -2.06. The number of carbonyl (C=O) groups is 1. The Balaban J connectivity index is 1.88. The van der Waals surface area contributed by atoms with Crippen LogP contribution in [0.2, 0.25) is 5.02 Å². The van der Waals surface area contributed by atoms with E-state index < -0.39 is 10.8 Å². The molecule has 0 spiro atoms. The highest BCUT2D eigenvalue weighted by molar-refractivity contribution is 7.99. The molecule has 0 unspecified atom stereocenters. The Morgan fingerprint density at radius 3 is 3.05 bits per heavy atom. The van der Waals surface area contributed by atoms with Crippen LogP contribution in [0.25, 0.3) is 0 Å². The molecule has 1 amide bonds. The highest BCUT2D eigenvalue weighted by atomic mass is 35.5. The Morgan fingerprint density at radius 2 is 2.29 bits per heavy atom. The van der Waals surface area contributed by atoms with E-state index in [1.807, 2.05) is 0 Å². The number of amides is 1. The van der Waals surface area contributed by atoms with Gasteiger partial charge in [-0.15, -0.1) is 10.2 Å². The van der Waals surface area contributed by atoms with Crippen LogP contribution in [0.15, 0.2) is 23.4 Å². The standard InChI is InChI=1S/C11H8ClN5O3S/c12-8-2-1-6(17(19)20)5-7(8)9(18)13-10-14-15-11-16(10)3-4-21-11/h1-2,5H,3-4H2,(H,13,14,18). The molecule has 0 saturated heterocycles. The molecule has 0 fully saturated rings. The number of hydrogen-bond donors (Lipinski definition) is 1. The maximum Gasteiger partial charge on any atom is 0.270 e. The lowest BCUT2D eigenvalue weighted by molar-refractivity contribution is -0.384. The predicted molar refractivity (Wildman–Crippen MR) is 76.8 cm³/mol. The Morgan fingerprint density at radius 1 is 1.48 bits per heavy atom. The van der Waals surface area contributed by atoms with E-state index in [4.69, 9.17) is 11.6 Å². The summed E-state index contributed by atoms with van der Waals surface area (Å²) in [5.41, 5.74) is -0.180. The van der Waals surface area contributed by atoms with Crippen molar-refractivity contribution in [3.8, 4) is 0 Å². The Labute approximate surface area is 127 Å². The zero-order valence-electron chi connectivity index (χ0n) is 10.4. The Bertz CT molecular complexity index is 747. The number of halogens is 1. The first-order chi connectivity index (χ1) is 10.1. The molecule has 1 aromatic heterocycles. The molecule has 8 nitrogen and oxygen atoms in total. The van der Waals surface area contributed by atoms with Gasteiger partial charge < -0.3 is 0 Å². The molecule has 0 bridgehead atoms. The number of hydrogen-bond acceptors (Lipinski definition) is 6. The lowest BCUT2D eigenvalue weighted by Crippen LogP contribution is -2.16. The van der Waals surface area contributed by atoms with Crippen molar-refractivity contribution in [1.82, 2.24) is 14.8 Å². The summed E-state index contributed by atoms with van der Waals surface area (Å²) in [7, 11) is 0. The quantitative estimate of drug-likeness (QED) is 0.685. The van der Waals surface area contributed by atoms with Crippen molar-refractivity contribution in [2.45, 2.75) is 11.7 Å². The maximum absolute atomic E-state index is 12.2. The van der Waals surface area contributed by atoms with E-state index in [1.165, 1.54) is 12.1 Å². The second kappa shape index (κ2) is 5.34. The molecule has 0 atom stereocenters. The van der Waals surface area contributed by atoms with Crippen LogP contribution in [-0.4, -0.2) is 31.3 Å². The van der Waals surface area contributed by atoms with Crippen molar-refractivity contribution in [2.75, 3.05) is 11.1 Å². The number of nitrogens with one attached hydrogen (secondary N) is 1. The second-order valence-corrected chi connectivity index (χ2v) is 5.65. The first-order valence-electron chi connectivity index (χ1n) is 5.87. The molecule has 21 heavy (non-hydrogen) atoms. The summed E-state index contributed by atoms with van der Waals surface area (Å²) >= 11 is 7.47. The van der Waals surface area contributed by atoms with Gasteiger partial charge in [0.15, 0.2) is 5.16 Å². The number of non-ortho nitro benzene ring substituents is 1. The van der Waals surface area contributed by atoms with E-state index in [2.05, 4.69) is 15.5 Å². The third-order valence-electron chi connectivity index (χ3n) is 2.89. The Kier molecular flexibility index (Phi) is 3.52. The van der Waals surface area contributed by atoms with Gasteiger partial charge >= 0.3 is 0 Å². The van der Waals surface area contributed by atoms with Gasteiger partial charge in [-0.05, 0) is 6.07 Å². The van der Waals surface area contributed by atoms with Crippen molar-refractivity contribution in [3.63, 3.8) is 0 Å². The molecule has 1 aliphatic rings. The first-order valence-corrected chi connectivity index (χ1v) is 7.24. The number of thioether (sulfide) groups is 1. The van der Waals surface area contributed by atoms with Gasteiger partial charge in [0.25, 0.3) is 11.6 Å².